The van der Waals surface area contributed by atoms with Crippen LogP contribution in [0.4, 0.5) is 0 Å². The van der Waals surface area contributed by atoms with Crippen LogP contribution in [-0.2, 0) is 0 Å². The van der Waals surface area contributed by atoms with Gasteiger partial charge >= 0.3 is 0 Å². The predicted molar refractivity (Wildman–Crippen MR) is 215 cm³/mol. The molecule has 0 atom stereocenters. The van der Waals surface area contributed by atoms with Gasteiger partial charge in [0.25, 0.3) is 0 Å². The Labute approximate surface area is 293 Å². The summed E-state index contributed by atoms with van der Waals surface area (Å²) in [7, 11) is 0. The first-order valence-corrected chi connectivity index (χ1v) is 17.4. The van der Waals surface area contributed by atoms with Gasteiger partial charge in [-0.05, 0) is 56.6 Å². The molecule has 0 unspecified atom stereocenters. The minimum Gasteiger partial charge on any atom is -0.309 e. The van der Waals surface area contributed by atoms with Gasteiger partial charge in [0.2, 0.25) is 0 Å². The largest absolute Gasteiger partial charge is 0.309 e. The lowest BCUT2D eigenvalue weighted by atomic mass is 9.88. The molecule has 0 radical (unpaired) electrons. The highest BCUT2D eigenvalue weighted by Gasteiger charge is 2.22. The van der Waals surface area contributed by atoms with Crippen LogP contribution in [0.3, 0.4) is 0 Å². The van der Waals surface area contributed by atoms with Gasteiger partial charge in [-0.2, -0.15) is 0 Å². The summed E-state index contributed by atoms with van der Waals surface area (Å²) in [6.45, 7) is 0. The summed E-state index contributed by atoms with van der Waals surface area (Å²) in [5.41, 5.74) is 7.46. The molecule has 236 valence electrons. The van der Waals surface area contributed by atoms with Crippen LogP contribution in [-0.4, -0.2) is 14.5 Å². The summed E-state index contributed by atoms with van der Waals surface area (Å²) in [5, 5.41) is 13.9. The second-order valence-electron chi connectivity index (χ2n) is 13.3. The average Bonchev–Trinajstić information content (AvgIpc) is 3.56. The summed E-state index contributed by atoms with van der Waals surface area (Å²) in [6, 6.07) is 63.1. The summed E-state index contributed by atoms with van der Waals surface area (Å²) < 4.78 is 2.47. The number of nitrogens with zero attached hydrogens (tertiary/aromatic N) is 3. The van der Waals surface area contributed by atoms with Crippen LogP contribution in [0.2, 0.25) is 0 Å². The molecule has 9 aromatic carbocycles. The van der Waals surface area contributed by atoms with Crippen molar-refractivity contribution >= 4 is 75.8 Å². The fraction of sp³-hybridized carbons (Fsp3) is 0. The highest BCUT2D eigenvalue weighted by Crippen LogP contribution is 2.47. The zero-order valence-electron chi connectivity index (χ0n) is 27.6. The fourth-order valence-electron chi connectivity index (χ4n) is 8.39. The average molecular weight is 648 g/mol. The Kier molecular flexibility index (Phi) is 5.96. The van der Waals surface area contributed by atoms with Gasteiger partial charge in [-0.25, -0.2) is 9.97 Å². The number of fused-ring (bicyclic) bond motifs is 14. The van der Waals surface area contributed by atoms with E-state index < -0.39 is 0 Å². The van der Waals surface area contributed by atoms with Crippen molar-refractivity contribution in [3.63, 3.8) is 0 Å². The first-order chi connectivity index (χ1) is 25.3. The highest BCUT2D eigenvalue weighted by molar-refractivity contribution is 6.42. The van der Waals surface area contributed by atoms with Crippen LogP contribution < -0.4 is 0 Å². The molecule has 0 N–H and O–H groups in total. The number of hydrogen-bond donors (Lipinski definition) is 0. The summed E-state index contributed by atoms with van der Waals surface area (Å²) >= 11 is 0. The number of para-hydroxylation sites is 2. The van der Waals surface area contributed by atoms with E-state index in [4.69, 9.17) is 9.97 Å². The molecule has 3 heteroatoms. The summed E-state index contributed by atoms with van der Waals surface area (Å²) in [4.78, 5) is 10.1. The molecule has 0 fully saturated rings. The molecular formula is C48H29N3. The van der Waals surface area contributed by atoms with Crippen molar-refractivity contribution in [3.05, 3.63) is 176 Å². The van der Waals surface area contributed by atoms with Crippen molar-refractivity contribution in [1.82, 2.24) is 14.5 Å². The topological polar surface area (TPSA) is 30.7 Å². The zero-order chi connectivity index (χ0) is 33.5. The Hall–Kier alpha value is -6.84. The number of benzene rings is 9. The van der Waals surface area contributed by atoms with Gasteiger partial charge in [-0.3, -0.25) is 0 Å². The Balaban J connectivity index is 1.23. The Morgan fingerprint density at radius 2 is 0.863 bits per heavy atom. The van der Waals surface area contributed by atoms with Gasteiger partial charge < -0.3 is 4.57 Å². The molecule has 0 amide bonds. The molecule has 0 aliphatic carbocycles. The lowest BCUT2D eigenvalue weighted by Crippen LogP contribution is -1.97. The number of aromatic nitrogens is 3. The van der Waals surface area contributed by atoms with Crippen molar-refractivity contribution in [2.24, 2.45) is 0 Å². The van der Waals surface area contributed by atoms with Gasteiger partial charge in [-0.1, -0.05) is 152 Å². The zero-order valence-corrected chi connectivity index (χ0v) is 27.6. The van der Waals surface area contributed by atoms with E-state index in [2.05, 4.69) is 156 Å². The maximum absolute atomic E-state index is 5.14. The fourth-order valence-corrected chi connectivity index (χ4v) is 8.39. The van der Waals surface area contributed by atoms with Crippen molar-refractivity contribution in [1.29, 1.82) is 0 Å². The van der Waals surface area contributed by atoms with E-state index in [1.807, 2.05) is 24.3 Å². The van der Waals surface area contributed by atoms with Crippen LogP contribution in [0.5, 0.6) is 0 Å². The molecule has 51 heavy (non-hydrogen) atoms. The molecule has 2 aromatic heterocycles. The normalized spacial score (nSPS) is 11.9. The molecular weight excluding hydrogens is 619 g/mol. The Morgan fingerprint density at radius 1 is 0.333 bits per heavy atom. The number of rotatable bonds is 3. The van der Waals surface area contributed by atoms with Crippen molar-refractivity contribution < 1.29 is 0 Å². The van der Waals surface area contributed by atoms with Gasteiger partial charge in [0, 0.05) is 43.7 Å². The smallest absolute Gasteiger partial charge is 0.160 e. The van der Waals surface area contributed by atoms with Crippen molar-refractivity contribution in [2.45, 2.75) is 0 Å². The molecule has 0 aliphatic rings. The standard InChI is InChI=1S/C48H29N3/c1-2-14-31(15-3-1)48-49-41-24-12-10-22-39(41)46(50-48)30-26-28-32(29-27-30)51-42-25-13-11-23-40(42)45-44-36-19-7-5-17-34(36)33-16-4-6-18-35(33)43(44)37-20-8-9-21-38(37)47(45)51/h1-29H. The van der Waals surface area contributed by atoms with E-state index in [0.29, 0.717) is 0 Å². The van der Waals surface area contributed by atoms with E-state index in [0.717, 1.165) is 39.2 Å². The van der Waals surface area contributed by atoms with Crippen LogP contribution in [0, 0.1) is 0 Å². The van der Waals surface area contributed by atoms with Gasteiger partial charge in [0.15, 0.2) is 5.82 Å². The number of hydrogen-bond acceptors (Lipinski definition) is 2. The van der Waals surface area contributed by atoms with Crippen molar-refractivity contribution in [3.8, 4) is 28.3 Å². The highest BCUT2D eigenvalue weighted by atomic mass is 15.0. The molecule has 0 saturated heterocycles. The first kappa shape index (κ1) is 28.0. The molecule has 0 spiro atoms. The minimum absolute atomic E-state index is 0.730. The van der Waals surface area contributed by atoms with E-state index in [1.165, 1.54) is 64.9 Å². The lowest BCUT2D eigenvalue weighted by Gasteiger charge is -2.16. The van der Waals surface area contributed by atoms with E-state index in [9.17, 15) is 0 Å². The Morgan fingerprint density at radius 3 is 1.57 bits per heavy atom. The Bertz CT molecular complexity index is 3170. The predicted octanol–water partition coefficient (Wildman–Crippen LogP) is 12.7. The van der Waals surface area contributed by atoms with Gasteiger partial charge in [0.1, 0.15) is 0 Å². The molecule has 0 bridgehead atoms. The third-order valence-electron chi connectivity index (χ3n) is 10.5. The van der Waals surface area contributed by atoms with Crippen LogP contribution in [0.25, 0.3) is 104 Å². The molecule has 0 aliphatic heterocycles. The monoisotopic (exact) mass is 647 g/mol. The van der Waals surface area contributed by atoms with E-state index >= 15 is 0 Å². The molecule has 0 saturated carbocycles. The molecule has 11 aromatic rings. The maximum atomic E-state index is 5.14. The van der Waals surface area contributed by atoms with Gasteiger partial charge in [0.05, 0.1) is 22.2 Å². The van der Waals surface area contributed by atoms with Crippen LogP contribution in [0.1, 0.15) is 0 Å². The van der Waals surface area contributed by atoms with Crippen LogP contribution in [0.15, 0.2) is 176 Å². The molecule has 2 heterocycles. The third kappa shape index (κ3) is 4.06. The molecule has 3 nitrogen and oxygen atoms in total. The van der Waals surface area contributed by atoms with E-state index in [-0.39, 0.29) is 0 Å². The third-order valence-corrected chi connectivity index (χ3v) is 10.5. The minimum atomic E-state index is 0.730. The lowest BCUT2D eigenvalue weighted by molar-refractivity contribution is 1.18. The summed E-state index contributed by atoms with van der Waals surface area (Å²) in [6.07, 6.45) is 0. The van der Waals surface area contributed by atoms with Crippen LogP contribution >= 0.6 is 0 Å². The van der Waals surface area contributed by atoms with Crippen molar-refractivity contribution in [2.75, 3.05) is 0 Å². The first-order valence-electron chi connectivity index (χ1n) is 17.4. The quantitative estimate of drug-likeness (QED) is 0.179. The second kappa shape index (κ2) is 10.8. The second-order valence-corrected chi connectivity index (χ2v) is 13.3. The summed E-state index contributed by atoms with van der Waals surface area (Å²) in [5.74, 6) is 0.730. The maximum Gasteiger partial charge on any atom is 0.160 e. The molecule has 11 rings (SSSR count). The van der Waals surface area contributed by atoms with E-state index in [1.54, 1.807) is 0 Å². The van der Waals surface area contributed by atoms with Gasteiger partial charge in [-0.15, -0.1) is 0 Å². The SMILES string of the molecule is c1ccc(-c2nc(-c3ccc(-n4c5ccccc5c5c6c7ccccc7c7ccccc7c6c6ccccc6c54)cc3)c3ccccc3n2)cc1.